The summed E-state index contributed by atoms with van der Waals surface area (Å²) in [5, 5.41) is 0. The van der Waals surface area contributed by atoms with Gasteiger partial charge in [0.25, 0.3) is 0 Å². The van der Waals surface area contributed by atoms with E-state index in [1.807, 2.05) is 0 Å². The molecule has 0 rings (SSSR count). The molecular weight excluding hydrogens is 155 g/mol. The van der Waals surface area contributed by atoms with Crippen molar-refractivity contribution in [3.05, 3.63) is 0 Å². The zero-order chi connectivity index (χ0) is 2.71. The second-order valence-electron chi connectivity index (χ2n) is 0.577. The summed E-state index contributed by atoms with van der Waals surface area (Å²) in [5.41, 5.74) is 0. The van der Waals surface area contributed by atoms with Crippen LogP contribution in [0.1, 0.15) is 0 Å². The van der Waals surface area contributed by atoms with Gasteiger partial charge in [-0.15, -0.1) is 0 Å². The van der Waals surface area contributed by atoms with E-state index in [4.69, 9.17) is 0 Å². The van der Waals surface area contributed by atoms with Gasteiger partial charge in [-0.05, 0) is 0 Å². The molecule has 0 N–H and O–H groups in total. The van der Waals surface area contributed by atoms with Crippen molar-refractivity contribution in [1.82, 2.24) is 0 Å². The van der Waals surface area contributed by atoms with Crippen LogP contribution in [0.25, 0.3) is 0 Å². The fraction of sp³-hybridized carbons (Fsp3) is 0. The average molecular weight is 163 g/mol. The van der Waals surface area contributed by atoms with Crippen molar-refractivity contribution in [2.75, 3.05) is 0 Å². The SMILES string of the molecule is [AlH3].[BH2][Y][SiH3]. The van der Waals surface area contributed by atoms with Crippen LogP contribution in [-0.4, -0.2) is 28.0 Å². The Balaban J connectivity index is 0. The predicted molar refractivity (Wildman–Crippen MR) is 28.4 cm³/mol. The maximum absolute atomic E-state index is 2.38. The standard InChI is InChI=1S/Al.BH2.H3Si.Y.3H/h;1H2;1H3;;;;/q;+1;;-1;;;. The first-order valence-electron chi connectivity index (χ1n) is 1.15. The summed E-state index contributed by atoms with van der Waals surface area (Å²) in [7, 11) is 0. The van der Waals surface area contributed by atoms with Crippen molar-refractivity contribution in [2.45, 2.75) is 0 Å². The van der Waals surface area contributed by atoms with Crippen molar-refractivity contribution in [3.8, 4) is 0 Å². The fourth-order valence-corrected chi connectivity index (χ4v) is 0. The van der Waals surface area contributed by atoms with Gasteiger partial charge in [-0.25, -0.2) is 0 Å². The number of hydrogen-bond acceptors (Lipinski definition) is 0. The monoisotopic (exact) mass is 163 g/mol. The zero-order valence-corrected chi connectivity index (χ0v) is 7.42. The molecule has 0 heterocycles. The molecule has 0 aromatic carbocycles. The molecule has 0 aliphatic heterocycles. The molecule has 0 spiro atoms. The van der Waals surface area contributed by atoms with E-state index >= 15 is 0 Å². The molecule has 0 unspecified atom stereocenters. The van der Waals surface area contributed by atoms with Crippen LogP contribution in [0.3, 0.4) is 0 Å². The Labute approximate surface area is 55.3 Å². The molecule has 0 bridgehead atoms. The minimum absolute atomic E-state index is 0. The zero-order valence-electron chi connectivity index (χ0n) is 2.58. The van der Waals surface area contributed by atoms with Gasteiger partial charge in [0, 0.05) is 0 Å². The van der Waals surface area contributed by atoms with Gasteiger partial charge in [0.2, 0.25) is 0 Å². The average Bonchev–Trinajstić information content (AvgIpc) is 0.918. The van der Waals surface area contributed by atoms with Crippen molar-refractivity contribution in [1.29, 1.82) is 0 Å². The summed E-state index contributed by atoms with van der Waals surface area (Å²) in [5.74, 6) is 0. The van der Waals surface area contributed by atoms with Crippen molar-refractivity contribution < 1.29 is 28.0 Å². The molecule has 0 atom stereocenters. The van der Waals surface area contributed by atoms with Crippen LogP contribution < -0.4 is 0 Å². The van der Waals surface area contributed by atoms with Gasteiger partial charge in [0.15, 0.2) is 17.4 Å². The number of rotatable bonds is 0. The third kappa shape index (κ3) is 9.07. The number of hydrogen-bond donors (Lipinski definition) is 0. The maximum atomic E-state index is 2.38. The predicted octanol–water partition coefficient (Wildman–Crippen LogP) is -3.29. The van der Waals surface area contributed by atoms with Gasteiger partial charge >= 0.3 is 38.7 Å². The Bertz CT molecular complexity index is 8.00. The van der Waals surface area contributed by atoms with Gasteiger partial charge < -0.3 is 0 Å². The summed E-state index contributed by atoms with van der Waals surface area (Å²) in [6, 6.07) is 0. The van der Waals surface area contributed by atoms with E-state index in [0.29, 0.717) is 0 Å². The Morgan fingerprint density at radius 1 is 1.75 bits per heavy atom. The van der Waals surface area contributed by atoms with Crippen LogP contribution in [0, 0.1) is 0 Å². The molecule has 0 aromatic heterocycles. The fourth-order valence-electron chi connectivity index (χ4n) is 0. The van der Waals surface area contributed by atoms with E-state index < -0.39 is 0 Å². The van der Waals surface area contributed by atoms with Gasteiger partial charge in [-0.2, -0.15) is 0 Å². The molecule has 4 heavy (non-hydrogen) atoms. The molecule has 0 radical (unpaired) electrons. The molecular formula is H8AlBSiY. The molecule has 0 saturated carbocycles. The quantitative estimate of drug-likeness (QED) is 0.328. The topological polar surface area (TPSA) is 0 Å². The molecule has 4 heteroatoms. The Hall–Kier alpha value is 1.92. The minimum atomic E-state index is 0. The first-order valence-corrected chi connectivity index (χ1v) is 13.7. The Kier molecular flexibility index (Phi) is 20.7. The van der Waals surface area contributed by atoms with Gasteiger partial charge in [0.1, 0.15) is 0 Å². The molecule has 0 fully saturated rings. The van der Waals surface area contributed by atoms with Gasteiger partial charge in [-0.1, -0.05) is 0 Å². The summed E-state index contributed by atoms with van der Waals surface area (Å²) in [6.45, 7) is 0. The van der Waals surface area contributed by atoms with Crippen molar-refractivity contribution in [3.63, 3.8) is 0 Å². The second-order valence-corrected chi connectivity index (χ2v) is 10.2. The normalized spacial score (nSPS) is 3.00. The third-order valence-electron chi connectivity index (χ3n) is 0. The van der Waals surface area contributed by atoms with E-state index in [1.54, 1.807) is 6.26 Å². The van der Waals surface area contributed by atoms with Gasteiger partial charge in [-0.3, -0.25) is 0 Å². The van der Waals surface area contributed by atoms with E-state index in [9.17, 15) is 0 Å². The molecule has 0 nitrogen and oxygen atoms in total. The summed E-state index contributed by atoms with van der Waals surface area (Å²) in [4.78, 5) is 0. The van der Waals surface area contributed by atoms with Crippen LogP contribution in [0.15, 0.2) is 0 Å². The molecule has 0 saturated heterocycles. The summed E-state index contributed by atoms with van der Waals surface area (Å²) >= 11 is 0.249. The first kappa shape index (κ1) is 9.32. The van der Waals surface area contributed by atoms with E-state index in [2.05, 4.69) is 4.42 Å². The third-order valence-corrected chi connectivity index (χ3v) is 0. The molecule has 0 aliphatic rings. The molecule has 21 valence electrons. The van der Waals surface area contributed by atoms with Crippen LogP contribution in [-0.2, 0) is 28.0 Å². The van der Waals surface area contributed by atoms with Crippen molar-refractivity contribution in [2.24, 2.45) is 0 Å². The molecule has 0 amide bonds. The van der Waals surface area contributed by atoms with E-state index in [1.165, 1.54) is 0 Å². The molecule has 0 aromatic rings. The van der Waals surface area contributed by atoms with Crippen LogP contribution in [0.5, 0.6) is 0 Å². The van der Waals surface area contributed by atoms with Crippen molar-refractivity contribution >= 4 is 28.0 Å². The van der Waals surface area contributed by atoms with Crippen LogP contribution in [0.2, 0.25) is 0 Å². The van der Waals surface area contributed by atoms with E-state index in [-0.39, 0.29) is 45.3 Å². The van der Waals surface area contributed by atoms with E-state index in [0.717, 1.165) is 0 Å². The van der Waals surface area contributed by atoms with Crippen LogP contribution >= 0.6 is 0 Å². The van der Waals surface area contributed by atoms with Crippen LogP contribution in [0.4, 0.5) is 0 Å². The first-order chi connectivity index (χ1) is 1.41. The Morgan fingerprint density at radius 3 is 1.75 bits per heavy atom. The molecule has 0 aliphatic carbocycles. The Morgan fingerprint density at radius 2 is 1.75 bits per heavy atom. The second kappa shape index (κ2) is 8.87. The van der Waals surface area contributed by atoms with Gasteiger partial charge in [0.05, 0.1) is 0 Å². The summed E-state index contributed by atoms with van der Waals surface area (Å²) < 4.78 is 2.38. The summed E-state index contributed by atoms with van der Waals surface area (Å²) in [6.07, 6.45) is 1.56.